The van der Waals surface area contributed by atoms with Gasteiger partial charge in [-0.2, -0.15) is 14.5 Å². The number of rotatable bonds is 8. The van der Waals surface area contributed by atoms with E-state index in [0.717, 1.165) is 11.3 Å². The smallest absolute Gasteiger partial charge is 0.217 e. The minimum absolute atomic E-state index is 0.0879. The molecule has 4 aromatic heterocycles. The van der Waals surface area contributed by atoms with Gasteiger partial charge in [-0.1, -0.05) is 16.8 Å². The number of methoxy groups -OCH3 is 1. The molecule has 0 saturated heterocycles. The molecule has 184 valence electrons. The molecule has 0 aliphatic carbocycles. The first-order valence-corrected chi connectivity index (χ1v) is 11.2. The molecule has 14 heteroatoms. The lowest BCUT2D eigenvalue weighted by molar-refractivity contribution is -0.615. The Morgan fingerprint density at radius 1 is 1.14 bits per heavy atom. The zero-order chi connectivity index (χ0) is 25.2. The predicted molar refractivity (Wildman–Crippen MR) is 125 cm³/mol. The van der Waals surface area contributed by atoms with Crippen LogP contribution < -0.4 is 4.73 Å². The van der Waals surface area contributed by atoms with Crippen LogP contribution in [0.4, 0.5) is 4.39 Å². The zero-order valence-electron chi connectivity index (χ0n) is 19.2. The molecule has 0 amide bonds. The maximum Gasteiger partial charge on any atom is 0.217 e. The topological polar surface area (TPSA) is 128 Å². The Hall–Kier alpha value is -4.23. The highest BCUT2D eigenvalue weighted by atomic mass is 35.5. The molecule has 1 atom stereocenters. The normalized spacial score (nSPS) is 12.2. The maximum absolute atomic E-state index is 15.2. The largest absolute Gasteiger partial charge is 0.618 e. The van der Waals surface area contributed by atoms with Crippen LogP contribution in [0.2, 0.25) is 5.02 Å². The first-order valence-electron chi connectivity index (χ1n) is 10.8. The van der Waals surface area contributed by atoms with Gasteiger partial charge in [-0.25, -0.2) is 9.07 Å². The van der Waals surface area contributed by atoms with Crippen LogP contribution in [-0.2, 0) is 11.8 Å². The third kappa shape index (κ3) is 4.29. The van der Waals surface area contributed by atoms with Crippen LogP contribution in [0.3, 0.4) is 0 Å². The van der Waals surface area contributed by atoms with E-state index in [1.807, 2.05) is 6.20 Å². The number of halogens is 2. The van der Waals surface area contributed by atoms with Gasteiger partial charge in [0.05, 0.1) is 39.9 Å². The lowest BCUT2D eigenvalue weighted by Gasteiger charge is -2.18. The average molecular weight is 511 g/mol. The number of ether oxygens (including phenoxy) is 1. The summed E-state index contributed by atoms with van der Waals surface area (Å²) in [6, 6.07) is 5.83. The van der Waals surface area contributed by atoms with Crippen molar-refractivity contribution in [3.63, 3.8) is 0 Å². The fourth-order valence-electron chi connectivity index (χ4n) is 4.01. The first-order chi connectivity index (χ1) is 17.5. The average Bonchev–Trinajstić information content (AvgIpc) is 3.64. The summed E-state index contributed by atoms with van der Waals surface area (Å²) < 4.78 is 25.8. The van der Waals surface area contributed by atoms with E-state index >= 15 is 4.39 Å². The van der Waals surface area contributed by atoms with Crippen LogP contribution in [0.5, 0.6) is 0 Å². The SMILES string of the molecule is COCC[C@@H](c1ccc(-c2c(-n3cnnn3)ccc(Cl)c2F)c[n+]1[O-])n1cc(-c2cnnn2C)cn1. The summed E-state index contributed by atoms with van der Waals surface area (Å²) in [7, 11) is 3.37. The Labute approximate surface area is 209 Å². The van der Waals surface area contributed by atoms with E-state index in [0.29, 0.717) is 34.7 Å². The summed E-state index contributed by atoms with van der Waals surface area (Å²) in [5.41, 5.74) is 2.73. The highest BCUT2D eigenvalue weighted by molar-refractivity contribution is 6.31. The second kappa shape index (κ2) is 9.79. The van der Waals surface area contributed by atoms with Gasteiger partial charge in [-0.3, -0.25) is 4.68 Å². The highest BCUT2D eigenvalue weighted by Crippen LogP contribution is 2.33. The quantitative estimate of drug-likeness (QED) is 0.230. The summed E-state index contributed by atoms with van der Waals surface area (Å²) in [4.78, 5) is 0. The van der Waals surface area contributed by atoms with Crippen molar-refractivity contribution in [3.05, 3.63) is 77.1 Å². The van der Waals surface area contributed by atoms with Crippen molar-refractivity contribution >= 4 is 11.6 Å². The van der Waals surface area contributed by atoms with E-state index in [4.69, 9.17) is 16.3 Å². The van der Waals surface area contributed by atoms with Gasteiger partial charge in [0.1, 0.15) is 12.4 Å². The molecular formula is C22H20ClFN10O2. The van der Waals surface area contributed by atoms with Crippen LogP contribution in [0, 0.1) is 11.0 Å². The van der Waals surface area contributed by atoms with Crippen molar-refractivity contribution in [2.24, 2.45) is 7.05 Å². The van der Waals surface area contributed by atoms with Crippen LogP contribution >= 0.6 is 11.6 Å². The van der Waals surface area contributed by atoms with E-state index in [-0.39, 0.29) is 10.6 Å². The van der Waals surface area contributed by atoms with Crippen molar-refractivity contribution < 1.29 is 13.9 Å². The van der Waals surface area contributed by atoms with Crippen LogP contribution in [0.25, 0.3) is 28.1 Å². The Morgan fingerprint density at radius 3 is 2.69 bits per heavy atom. The number of aromatic nitrogens is 10. The van der Waals surface area contributed by atoms with Crippen molar-refractivity contribution in [1.29, 1.82) is 0 Å². The molecule has 36 heavy (non-hydrogen) atoms. The molecule has 0 spiro atoms. The molecule has 0 bridgehead atoms. The zero-order valence-corrected chi connectivity index (χ0v) is 20.0. The van der Waals surface area contributed by atoms with E-state index < -0.39 is 11.9 Å². The summed E-state index contributed by atoms with van der Waals surface area (Å²) in [5, 5.41) is 36.6. The molecule has 0 aliphatic rings. The molecule has 0 aliphatic heterocycles. The number of nitrogens with zero attached hydrogens (tertiary/aromatic N) is 10. The van der Waals surface area contributed by atoms with Crippen molar-refractivity contribution in [2.45, 2.75) is 12.5 Å². The number of hydrogen-bond donors (Lipinski definition) is 0. The molecule has 5 rings (SSSR count). The van der Waals surface area contributed by atoms with E-state index in [2.05, 4.69) is 30.9 Å². The Kier molecular flexibility index (Phi) is 6.40. The second-order valence-corrected chi connectivity index (χ2v) is 8.33. The standard InChI is InChI=1S/C22H20ClFN10O2/c1-31-20(10-25-29-31)15-9-27-32(11-15)17(7-8-36-2)18-5-3-14(12-34(18)35)21-19(33-13-26-28-30-33)6-4-16(23)22(21)24/h3-6,9-13,17H,7-8H2,1-2H3/t17-/m0/s1. The number of hydrogen-bond acceptors (Lipinski definition) is 8. The van der Waals surface area contributed by atoms with Gasteiger partial charge in [0.25, 0.3) is 0 Å². The monoisotopic (exact) mass is 510 g/mol. The molecule has 0 saturated carbocycles. The molecule has 0 fully saturated rings. The molecule has 1 aromatic carbocycles. The van der Waals surface area contributed by atoms with Gasteiger partial charge in [0.2, 0.25) is 5.69 Å². The molecule has 4 heterocycles. The van der Waals surface area contributed by atoms with Crippen LogP contribution in [-0.4, -0.2) is 58.7 Å². The minimum atomic E-state index is -0.685. The summed E-state index contributed by atoms with van der Waals surface area (Å²) in [5.74, 6) is -0.685. The third-order valence-corrected chi connectivity index (χ3v) is 6.06. The number of pyridine rings is 1. The fraction of sp³-hybridized carbons (Fsp3) is 0.227. The van der Waals surface area contributed by atoms with E-state index in [1.54, 1.807) is 54.1 Å². The Balaban J connectivity index is 1.56. The van der Waals surface area contributed by atoms with E-state index in [9.17, 15) is 5.21 Å². The van der Waals surface area contributed by atoms with Gasteiger partial charge in [0, 0.05) is 45.0 Å². The lowest BCUT2D eigenvalue weighted by atomic mass is 10.0. The van der Waals surface area contributed by atoms with Gasteiger partial charge in [-0.05, 0) is 28.6 Å². The summed E-state index contributed by atoms with van der Waals surface area (Å²) >= 11 is 6.05. The molecule has 0 N–H and O–H groups in total. The van der Waals surface area contributed by atoms with Crippen LogP contribution in [0.15, 0.2) is 55.4 Å². The van der Waals surface area contributed by atoms with Gasteiger partial charge < -0.3 is 9.94 Å². The number of benzene rings is 1. The fourth-order valence-corrected chi connectivity index (χ4v) is 4.17. The van der Waals surface area contributed by atoms with Crippen molar-refractivity contribution in [1.82, 2.24) is 45.0 Å². The molecular weight excluding hydrogens is 491 g/mol. The maximum atomic E-state index is 15.2. The second-order valence-electron chi connectivity index (χ2n) is 7.93. The van der Waals surface area contributed by atoms with Gasteiger partial charge in [-0.15, -0.1) is 10.2 Å². The third-order valence-electron chi connectivity index (χ3n) is 5.77. The Bertz CT molecular complexity index is 1500. The van der Waals surface area contributed by atoms with Crippen molar-refractivity contribution in [3.8, 4) is 28.1 Å². The number of tetrazole rings is 1. The van der Waals surface area contributed by atoms with Crippen LogP contribution in [0.1, 0.15) is 18.2 Å². The van der Waals surface area contributed by atoms with E-state index in [1.165, 1.54) is 23.3 Å². The van der Waals surface area contributed by atoms with Gasteiger partial charge >= 0.3 is 0 Å². The minimum Gasteiger partial charge on any atom is -0.618 e. The number of aryl methyl sites for hydroxylation is 1. The lowest BCUT2D eigenvalue weighted by Crippen LogP contribution is -2.36. The summed E-state index contributed by atoms with van der Waals surface area (Å²) in [6.07, 6.45) is 8.24. The first kappa shape index (κ1) is 23.5. The Morgan fingerprint density at radius 2 is 2.00 bits per heavy atom. The molecule has 12 nitrogen and oxygen atoms in total. The molecule has 0 unspecified atom stereocenters. The summed E-state index contributed by atoms with van der Waals surface area (Å²) in [6.45, 7) is 0.390. The molecule has 0 radical (unpaired) electrons. The van der Waals surface area contributed by atoms with Crippen molar-refractivity contribution in [2.75, 3.05) is 13.7 Å². The highest BCUT2D eigenvalue weighted by Gasteiger charge is 2.26. The van der Waals surface area contributed by atoms with Gasteiger partial charge in [0.15, 0.2) is 12.0 Å². The molecule has 5 aromatic rings. The predicted octanol–water partition coefficient (Wildman–Crippen LogP) is 2.37.